The van der Waals surface area contributed by atoms with Gasteiger partial charge in [0.25, 0.3) is 0 Å². The average Bonchev–Trinajstić information content (AvgIpc) is 2.71. The summed E-state index contributed by atoms with van der Waals surface area (Å²) in [6, 6.07) is 13.9. The van der Waals surface area contributed by atoms with E-state index in [0.717, 1.165) is 11.3 Å². The number of carbonyl (C=O) groups excluding carboxylic acids is 2. The average molecular weight is 437 g/mol. The molecule has 0 aliphatic carbocycles. The summed E-state index contributed by atoms with van der Waals surface area (Å²) in [5.74, 6) is 0.429. The predicted molar refractivity (Wildman–Crippen MR) is 116 cm³/mol. The summed E-state index contributed by atoms with van der Waals surface area (Å²) in [5, 5.41) is 3.75. The number of amides is 2. The zero-order valence-electron chi connectivity index (χ0n) is 16.7. The second-order valence-electron chi connectivity index (χ2n) is 6.59. The lowest BCUT2D eigenvalue weighted by atomic mass is 10.1. The van der Waals surface area contributed by atoms with Crippen molar-refractivity contribution >= 4 is 35.0 Å². The van der Waals surface area contributed by atoms with Crippen molar-refractivity contribution < 1.29 is 14.3 Å². The first-order chi connectivity index (χ1) is 13.9. The van der Waals surface area contributed by atoms with Crippen molar-refractivity contribution in [2.75, 3.05) is 13.2 Å². The third kappa shape index (κ3) is 7.26. The highest BCUT2D eigenvalue weighted by Crippen LogP contribution is 2.23. The Balaban J connectivity index is 2.02. The van der Waals surface area contributed by atoms with E-state index >= 15 is 0 Å². The van der Waals surface area contributed by atoms with E-state index in [2.05, 4.69) is 5.32 Å². The molecule has 0 fully saturated rings. The van der Waals surface area contributed by atoms with Crippen LogP contribution in [0.25, 0.3) is 0 Å². The maximum atomic E-state index is 12.9. The van der Waals surface area contributed by atoms with Crippen LogP contribution in [0, 0.1) is 0 Å². The largest absolute Gasteiger partial charge is 0.494 e. The summed E-state index contributed by atoms with van der Waals surface area (Å²) >= 11 is 12.2. The highest BCUT2D eigenvalue weighted by atomic mass is 35.5. The molecule has 29 heavy (non-hydrogen) atoms. The molecule has 0 aromatic heterocycles. The molecule has 1 atom stereocenters. The standard InChI is InChI=1S/C22H26Cl2N2O3/c1-3-25-22(28)16(2)26(15-17-11-12-18(23)14-20(17)24)21(27)10-7-13-29-19-8-5-4-6-9-19/h4-6,8-9,11-12,14,16H,3,7,10,13,15H2,1-2H3,(H,25,28)/t16-/m0/s1. The number of hydrogen-bond donors (Lipinski definition) is 1. The van der Waals surface area contributed by atoms with E-state index in [1.807, 2.05) is 37.3 Å². The molecule has 0 saturated carbocycles. The Kier molecular flexibility index (Phi) is 9.29. The number of benzene rings is 2. The third-order valence-electron chi connectivity index (χ3n) is 4.42. The van der Waals surface area contributed by atoms with Gasteiger partial charge in [-0.3, -0.25) is 9.59 Å². The van der Waals surface area contributed by atoms with Crippen molar-refractivity contribution in [3.8, 4) is 5.75 Å². The lowest BCUT2D eigenvalue weighted by Crippen LogP contribution is -2.47. The summed E-state index contributed by atoms with van der Waals surface area (Å²) in [6.45, 7) is 4.70. The number of rotatable bonds is 10. The minimum atomic E-state index is -0.621. The van der Waals surface area contributed by atoms with Crippen LogP contribution in [0.2, 0.25) is 10.0 Å². The molecule has 0 unspecified atom stereocenters. The minimum absolute atomic E-state index is 0.133. The summed E-state index contributed by atoms with van der Waals surface area (Å²) in [4.78, 5) is 26.8. The van der Waals surface area contributed by atoms with Gasteiger partial charge in [-0.05, 0) is 50.1 Å². The highest BCUT2D eigenvalue weighted by molar-refractivity contribution is 6.35. The van der Waals surface area contributed by atoms with E-state index < -0.39 is 6.04 Å². The molecule has 2 aromatic rings. The van der Waals surface area contributed by atoms with Gasteiger partial charge in [0, 0.05) is 29.6 Å². The Morgan fingerprint density at radius 2 is 1.86 bits per heavy atom. The van der Waals surface area contributed by atoms with Gasteiger partial charge in [0.15, 0.2) is 0 Å². The molecule has 2 rings (SSSR count). The molecule has 5 nitrogen and oxygen atoms in total. The molecular formula is C22H26Cl2N2O3. The Hall–Kier alpha value is -2.24. The van der Waals surface area contributed by atoms with E-state index in [1.54, 1.807) is 30.0 Å². The van der Waals surface area contributed by atoms with Gasteiger partial charge in [-0.25, -0.2) is 0 Å². The quantitative estimate of drug-likeness (QED) is 0.548. The molecule has 1 N–H and O–H groups in total. The second-order valence-corrected chi connectivity index (χ2v) is 7.44. The summed E-state index contributed by atoms with van der Waals surface area (Å²) in [6.07, 6.45) is 0.808. The maximum absolute atomic E-state index is 12.9. The predicted octanol–water partition coefficient (Wildman–Crippen LogP) is 4.71. The first-order valence-electron chi connectivity index (χ1n) is 9.61. The number of hydrogen-bond acceptors (Lipinski definition) is 3. The highest BCUT2D eigenvalue weighted by Gasteiger charge is 2.26. The fraction of sp³-hybridized carbons (Fsp3) is 0.364. The molecule has 2 aromatic carbocycles. The minimum Gasteiger partial charge on any atom is -0.494 e. The second kappa shape index (κ2) is 11.7. The molecule has 0 heterocycles. The number of halogens is 2. The van der Waals surface area contributed by atoms with Crippen molar-refractivity contribution in [1.29, 1.82) is 0 Å². The van der Waals surface area contributed by atoms with Gasteiger partial charge in [0.1, 0.15) is 11.8 Å². The molecular weight excluding hydrogens is 411 g/mol. The van der Waals surface area contributed by atoms with Crippen LogP contribution in [0.4, 0.5) is 0 Å². The molecule has 156 valence electrons. The van der Waals surface area contributed by atoms with Gasteiger partial charge < -0.3 is 15.0 Å². The third-order valence-corrected chi connectivity index (χ3v) is 5.01. The van der Waals surface area contributed by atoms with Crippen LogP contribution in [-0.2, 0) is 16.1 Å². The van der Waals surface area contributed by atoms with Gasteiger partial charge in [-0.15, -0.1) is 0 Å². The Morgan fingerprint density at radius 3 is 2.52 bits per heavy atom. The number of ether oxygens (including phenoxy) is 1. The van der Waals surface area contributed by atoms with E-state index in [-0.39, 0.29) is 24.8 Å². The molecule has 0 saturated heterocycles. The summed E-state index contributed by atoms with van der Waals surface area (Å²) < 4.78 is 5.65. The van der Waals surface area contributed by atoms with Crippen molar-refractivity contribution in [2.24, 2.45) is 0 Å². The molecule has 0 radical (unpaired) electrons. The molecule has 7 heteroatoms. The van der Waals surface area contributed by atoms with Crippen LogP contribution >= 0.6 is 23.2 Å². The zero-order chi connectivity index (χ0) is 21.2. The van der Waals surface area contributed by atoms with E-state index in [0.29, 0.717) is 29.6 Å². The Morgan fingerprint density at radius 1 is 1.14 bits per heavy atom. The smallest absolute Gasteiger partial charge is 0.242 e. The SMILES string of the molecule is CCNC(=O)[C@H](C)N(Cc1ccc(Cl)cc1Cl)C(=O)CCCOc1ccccc1. The first kappa shape index (κ1) is 23.0. The molecule has 0 spiro atoms. The number of nitrogens with zero attached hydrogens (tertiary/aromatic N) is 1. The maximum Gasteiger partial charge on any atom is 0.242 e. The summed E-state index contributed by atoms with van der Waals surface area (Å²) in [7, 11) is 0. The van der Waals surface area contributed by atoms with Gasteiger partial charge >= 0.3 is 0 Å². The van der Waals surface area contributed by atoms with E-state index in [1.165, 1.54) is 0 Å². The van der Waals surface area contributed by atoms with Crippen LogP contribution in [0.3, 0.4) is 0 Å². The van der Waals surface area contributed by atoms with E-state index in [9.17, 15) is 9.59 Å². The normalized spacial score (nSPS) is 11.6. The van der Waals surface area contributed by atoms with Gasteiger partial charge in [-0.1, -0.05) is 47.5 Å². The van der Waals surface area contributed by atoms with Crippen molar-refractivity contribution in [2.45, 2.75) is 39.3 Å². The van der Waals surface area contributed by atoms with Crippen LogP contribution in [0.1, 0.15) is 32.3 Å². The number of nitrogens with one attached hydrogen (secondary N) is 1. The number of carbonyl (C=O) groups is 2. The van der Waals surface area contributed by atoms with Crippen LogP contribution in [0.5, 0.6) is 5.75 Å². The van der Waals surface area contributed by atoms with Crippen LogP contribution in [-0.4, -0.2) is 35.9 Å². The Bertz CT molecular complexity index is 815. The number of para-hydroxylation sites is 1. The fourth-order valence-corrected chi connectivity index (χ4v) is 3.28. The van der Waals surface area contributed by atoms with Gasteiger partial charge in [0.2, 0.25) is 11.8 Å². The first-order valence-corrected chi connectivity index (χ1v) is 10.4. The van der Waals surface area contributed by atoms with Crippen molar-refractivity contribution in [3.63, 3.8) is 0 Å². The molecule has 0 aliphatic rings. The van der Waals surface area contributed by atoms with Crippen LogP contribution < -0.4 is 10.1 Å². The van der Waals surface area contributed by atoms with Gasteiger partial charge in [0.05, 0.1) is 6.61 Å². The molecule has 2 amide bonds. The van der Waals surface area contributed by atoms with Crippen LogP contribution in [0.15, 0.2) is 48.5 Å². The van der Waals surface area contributed by atoms with E-state index in [4.69, 9.17) is 27.9 Å². The lowest BCUT2D eigenvalue weighted by molar-refractivity contribution is -0.140. The lowest BCUT2D eigenvalue weighted by Gasteiger charge is -2.29. The fourth-order valence-electron chi connectivity index (χ4n) is 2.81. The summed E-state index contributed by atoms with van der Waals surface area (Å²) in [5.41, 5.74) is 0.737. The topological polar surface area (TPSA) is 58.6 Å². The van der Waals surface area contributed by atoms with Gasteiger partial charge in [-0.2, -0.15) is 0 Å². The van der Waals surface area contributed by atoms with Crippen molar-refractivity contribution in [1.82, 2.24) is 10.2 Å². The molecule has 0 bridgehead atoms. The molecule has 0 aliphatic heterocycles. The zero-order valence-corrected chi connectivity index (χ0v) is 18.2. The number of likely N-dealkylation sites (N-methyl/N-ethyl adjacent to an activating group) is 1. The Labute approximate surface area is 181 Å². The monoisotopic (exact) mass is 436 g/mol. The van der Waals surface area contributed by atoms with Crippen molar-refractivity contribution in [3.05, 3.63) is 64.1 Å².